The Balaban J connectivity index is 1.47. The van der Waals surface area contributed by atoms with Crippen molar-refractivity contribution in [3.8, 4) is 0 Å². The number of rotatable bonds is 4. The molecule has 0 radical (unpaired) electrons. The lowest BCUT2D eigenvalue weighted by molar-refractivity contribution is 0.163. The summed E-state index contributed by atoms with van der Waals surface area (Å²) in [5.74, 6) is 1.24. The number of pyridine rings is 1. The summed E-state index contributed by atoms with van der Waals surface area (Å²) in [7, 11) is -3.62. The van der Waals surface area contributed by atoms with Crippen LogP contribution in [0.3, 0.4) is 0 Å². The summed E-state index contributed by atoms with van der Waals surface area (Å²) in [6.07, 6.45) is 1.70. The summed E-state index contributed by atoms with van der Waals surface area (Å²) in [6, 6.07) is 7.26. The van der Waals surface area contributed by atoms with Gasteiger partial charge in [0.1, 0.15) is 4.90 Å². The third-order valence-corrected chi connectivity index (χ3v) is 7.19. The van der Waals surface area contributed by atoms with Gasteiger partial charge in [0.2, 0.25) is 15.9 Å². The van der Waals surface area contributed by atoms with Gasteiger partial charge in [0.15, 0.2) is 5.82 Å². The molecule has 1 aromatic carbocycles. The number of sulfonamides is 1. The highest BCUT2D eigenvalue weighted by molar-refractivity contribution is 7.89. The van der Waals surface area contributed by atoms with Crippen LogP contribution < -0.4 is 0 Å². The van der Waals surface area contributed by atoms with Crippen molar-refractivity contribution < 1.29 is 12.9 Å². The third-order valence-electron chi connectivity index (χ3n) is 5.26. The first-order valence-corrected chi connectivity index (χ1v) is 11.5. The van der Waals surface area contributed by atoms with Crippen molar-refractivity contribution in [3.05, 3.63) is 47.7 Å². The lowest BCUT2D eigenvalue weighted by atomic mass is 9.96. The molecule has 2 aromatic heterocycles. The maximum Gasteiger partial charge on any atom is 0.245 e. The van der Waals surface area contributed by atoms with Crippen LogP contribution in [0.5, 0.6) is 0 Å². The highest BCUT2D eigenvalue weighted by atomic mass is 32.2. The average molecular weight is 430 g/mol. The molecule has 9 heteroatoms. The fraction of sp³-hybridized carbons (Fsp3) is 0.476. The average Bonchev–Trinajstić information content (AvgIpc) is 3.17. The van der Waals surface area contributed by atoms with Crippen molar-refractivity contribution in [3.63, 3.8) is 0 Å². The monoisotopic (exact) mass is 429 g/mol. The largest absolute Gasteiger partial charge is 0.338 e. The van der Waals surface area contributed by atoms with E-state index < -0.39 is 10.0 Å². The van der Waals surface area contributed by atoms with E-state index in [1.54, 1.807) is 18.3 Å². The molecule has 3 heterocycles. The molecule has 0 amide bonds. The molecule has 1 aliphatic rings. The van der Waals surface area contributed by atoms with Gasteiger partial charge in [0.25, 0.3) is 0 Å². The normalized spacial score (nSPS) is 16.9. The minimum absolute atomic E-state index is 0.167. The zero-order valence-corrected chi connectivity index (χ0v) is 18.6. The first-order valence-electron chi connectivity index (χ1n) is 10.1. The first kappa shape index (κ1) is 20.9. The molecule has 1 fully saturated rings. The molecule has 0 spiro atoms. The summed E-state index contributed by atoms with van der Waals surface area (Å²) >= 11 is 0. The Morgan fingerprint density at radius 2 is 1.87 bits per heavy atom. The van der Waals surface area contributed by atoms with Crippen molar-refractivity contribution in [2.24, 2.45) is 0 Å². The topological polar surface area (TPSA) is 92.4 Å². The minimum atomic E-state index is -3.62. The van der Waals surface area contributed by atoms with Crippen LogP contribution in [0, 0.1) is 6.92 Å². The summed E-state index contributed by atoms with van der Waals surface area (Å²) < 4.78 is 33.5. The highest BCUT2D eigenvalue weighted by Crippen LogP contribution is 2.26. The number of aromatic nitrogens is 3. The molecule has 0 saturated carbocycles. The van der Waals surface area contributed by atoms with Crippen LogP contribution in [0.25, 0.3) is 10.9 Å². The quantitative estimate of drug-likeness (QED) is 0.629. The van der Waals surface area contributed by atoms with Gasteiger partial charge in [-0.2, -0.15) is 9.29 Å². The van der Waals surface area contributed by atoms with Gasteiger partial charge in [0, 0.05) is 43.2 Å². The van der Waals surface area contributed by atoms with E-state index in [0.717, 1.165) is 10.9 Å². The number of hydrogen-bond acceptors (Lipinski definition) is 7. The molecule has 3 aromatic rings. The number of fused-ring (bicyclic) bond motifs is 1. The van der Waals surface area contributed by atoms with Crippen molar-refractivity contribution in [2.75, 3.05) is 26.2 Å². The minimum Gasteiger partial charge on any atom is -0.338 e. The molecule has 0 aliphatic carbocycles. The smallest absolute Gasteiger partial charge is 0.245 e. The van der Waals surface area contributed by atoms with Crippen LogP contribution in [0.2, 0.25) is 0 Å². The molecule has 0 bridgehead atoms. The molecule has 4 rings (SSSR count). The second-order valence-corrected chi connectivity index (χ2v) is 10.7. The van der Waals surface area contributed by atoms with Crippen molar-refractivity contribution in [1.82, 2.24) is 24.3 Å². The fourth-order valence-electron chi connectivity index (χ4n) is 3.53. The Morgan fingerprint density at radius 3 is 2.53 bits per heavy atom. The third kappa shape index (κ3) is 4.10. The number of benzene rings is 1. The number of hydrogen-bond donors (Lipinski definition) is 0. The van der Waals surface area contributed by atoms with Crippen LogP contribution >= 0.6 is 0 Å². The number of nitrogens with zero attached hydrogens (tertiary/aromatic N) is 5. The molecule has 1 saturated heterocycles. The zero-order chi connectivity index (χ0) is 21.5. The van der Waals surface area contributed by atoms with E-state index in [0.29, 0.717) is 50.0 Å². The lowest BCUT2D eigenvalue weighted by Crippen LogP contribution is -2.48. The Labute approximate surface area is 176 Å². The van der Waals surface area contributed by atoms with Crippen LogP contribution in [-0.4, -0.2) is 58.9 Å². The number of aryl methyl sites for hydroxylation is 1. The van der Waals surface area contributed by atoms with E-state index in [1.807, 2.05) is 39.8 Å². The summed E-state index contributed by atoms with van der Waals surface area (Å²) in [5, 5.41) is 4.89. The van der Waals surface area contributed by atoms with Gasteiger partial charge in [-0.3, -0.25) is 9.88 Å². The first-order chi connectivity index (χ1) is 14.1. The van der Waals surface area contributed by atoms with Gasteiger partial charge in [0.05, 0.1) is 12.1 Å². The highest BCUT2D eigenvalue weighted by Gasteiger charge is 2.31. The summed E-state index contributed by atoms with van der Waals surface area (Å²) in [4.78, 5) is 11.3. The predicted octanol–water partition coefficient (Wildman–Crippen LogP) is 2.73. The van der Waals surface area contributed by atoms with E-state index >= 15 is 0 Å². The Bertz CT molecular complexity index is 1160. The standard InChI is InChI=1S/C21H27N5O3S/c1-15-12-16-6-5-7-17(19(16)22-13-15)30(27,28)26-10-8-25(9-11-26)14-18-23-20(24-29-18)21(2,3)4/h5-7,12-13H,8-11,14H2,1-4H3. The Morgan fingerprint density at radius 1 is 1.13 bits per heavy atom. The maximum absolute atomic E-state index is 13.3. The van der Waals surface area contributed by atoms with E-state index in [1.165, 1.54) is 4.31 Å². The van der Waals surface area contributed by atoms with Gasteiger partial charge in [-0.25, -0.2) is 8.42 Å². The Hall–Kier alpha value is -2.36. The van der Waals surface area contributed by atoms with Crippen molar-refractivity contribution in [2.45, 2.75) is 44.6 Å². The maximum atomic E-state index is 13.3. The summed E-state index contributed by atoms with van der Waals surface area (Å²) in [6.45, 7) is 10.6. The second kappa shape index (κ2) is 7.72. The molecule has 1 aliphatic heterocycles. The van der Waals surface area contributed by atoms with Gasteiger partial charge < -0.3 is 4.52 Å². The molecular weight excluding hydrogens is 402 g/mol. The molecular formula is C21H27N5O3S. The molecule has 8 nitrogen and oxygen atoms in total. The zero-order valence-electron chi connectivity index (χ0n) is 17.8. The van der Waals surface area contributed by atoms with Gasteiger partial charge in [-0.1, -0.05) is 38.1 Å². The Kier molecular flexibility index (Phi) is 5.37. The molecule has 30 heavy (non-hydrogen) atoms. The van der Waals surface area contributed by atoms with E-state index in [-0.39, 0.29) is 10.3 Å². The molecule has 160 valence electrons. The van der Waals surface area contributed by atoms with Gasteiger partial charge >= 0.3 is 0 Å². The fourth-order valence-corrected chi connectivity index (χ4v) is 5.12. The number of piperazine rings is 1. The SMILES string of the molecule is Cc1cnc2c(S(=O)(=O)N3CCN(Cc4nc(C(C)(C)C)no4)CC3)cccc2c1. The molecule has 0 N–H and O–H groups in total. The van der Waals surface area contributed by atoms with Crippen molar-refractivity contribution in [1.29, 1.82) is 0 Å². The van der Waals surface area contributed by atoms with E-state index in [4.69, 9.17) is 4.52 Å². The van der Waals surface area contributed by atoms with Gasteiger partial charge in [-0.15, -0.1) is 0 Å². The van der Waals surface area contributed by atoms with Crippen molar-refractivity contribution >= 4 is 20.9 Å². The van der Waals surface area contributed by atoms with Crippen LogP contribution in [0.15, 0.2) is 39.9 Å². The number of para-hydroxylation sites is 1. The van der Waals surface area contributed by atoms with Crippen LogP contribution in [-0.2, 0) is 22.0 Å². The van der Waals surface area contributed by atoms with Crippen LogP contribution in [0.1, 0.15) is 38.0 Å². The van der Waals surface area contributed by atoms with E-state index in [2.05, 4.69) is 20.0 Å². The lowest BCUT2D eigenvalue weighted by Gasteiger charge is -2.33. The van der Waals surface area contributed by atoms with Crippen LogP contribution in [0.4, 0.5) is 0 Å². The molecule has 0 atom stereocenters. The van der Waals surface area contributed by atoms with E-state index in [9.17, 15) is 8.42 Å². The molecule has 0 unspecified atom stereocenters. The summed E-state index contributed by atoms with van der Waals surface area (Å²) in [5.41, 5.74) is 1.35. The second-order valence-electron chi connectivity index (χ2n) is 8.78. The predicted molar refractivity (Wildman–Crippen MR) is 114 cm³/mol. The van der Waals surface area contributed by atoms with Gasteiger partial charge in [-0.05, 0) is 24.6 Å².